The van der Waals surface area contributed by atoms with E-state index in [-0.39, 0.29) is 19.2 Å². The molecule has 0 aliphatic carbocycles. The van der Waals surface area contributed by atoms with Crippen molar-refractivity contribution in [3.63, 3.8) is 0 Å². The van der Waals surface area contributed by atoms with Crippen molar-refractivity contribution in [3.05, 3.63) is 12.2 Å². The predicted molar refractivity (Wildman–Crippen MR) is 120 cm³/mol. The van der Waals surface area contributed by atoms with E-state index >= 15 is 0 Å². The summed E-state index contributed by atoms with van der Waals surface area (Å²) in [5, 5.41) is 5.38. The maximum Gasteiger partial charge on any atom is 0.333 e. The molecule has 170 valence electrons. The van der Waals surface area contributed by atoms with E-state index in [2.05, 4.69) is 13.5 Å². The largest absolute Gasteiger partial charge is 0.458 e. The van der Waals surface area contributed by atoms with Gasteiger partial charge < -0.3 is 14.2 Å². The fraction of sp³-hybridized carbons (Fsp3) is 0.818. The molecule has 0 saturated carbocycles. The predicted octanol–water partition coefficient (Wildman–Crippen LogP) is 4.95. The van der Waals surface area contributed by atoms with Gasteiger partial charge in [-0.3, -0.25) is 9.93 Å². The summed E-state index contributed by atoms with van der Waals surface area (Å²) in [6.45, 7) is 8.04. The molecule has 0 aromatic heterocycles. The van der Waals surface area contributed by atoms with Crippen LogP contribution in [0.2, 0.25) is 0 Å². The molecule has 6 nitrogen and oxygen atoms in total. The van der Waals surface area contributed by atoms with Crippen molar-refractivity contribution in [3.8, 4) is 0 Å². The van der Waals surface area contributed by atoms with Crippen molar-refractivity contribution in [2.24, 2.45) is 5.14 Å². The van der Waals surface area contributed by atoms with Crippen LogP contribution in [0.15, 0.2) is 12.2 Å². The number of esters is 2. The molecule has 7 heteroatoms. The van der Waals surface area contributed by atoms with Gasteiger partial charge in [0.05, 0.1) is 6.61 Å². The van der Waals surface area contributed by atoms with Gasteiger partial charge in [-0.1, -0.05) is 76.8 Å². The highest BCUT2D eigenvalue weighted by atomic mass is 32.2. The third-order valence-electron chi connectivity index (χ3n) is 4.39. The topological polar surface area (TPSA) is 87.8 Å². The Balaban J connectivity index is 4.03. The summed E-state index contributed by atoms with van der Waals surface area (Å²) in [6.07, 6.45) is 11.3. The van der Waals surface area contributed by atoms with E-state index in [0.29, 0.717) is 18.6 Å². The summed E-state index contributed by atoms with van der Waals surface area (Å²) in [6, 6.07) is 0. The Labute approximate surface area is 181 Å². The fourth-order valence-electron chi connectivity index (χ4n) is 2.69. The van der Waals surface area contributed by atoms with Crippen LogP contribution in [0, 0.1) is 0 Å². The van der Waals surface area contributed by atoms with Gasteiger partial charge in [-0.05, 0) is 19.8 Å². The number of carbonyl (C=O) groups excluding carboxylic acids is 2. The molecular weight excluding hydrogens is 390 g/mol. The van der Waals surface area contributed by atoms with E-state index in [1.165, 1.54) is 50.5 Å². The normalized spacial score (nSPS) is 11.8. The Bertz CT molecular complexity index is 445. The first kappa shape index (κ1) is 27.9. The van der Waals surface area contributed by atoms with Gasteiger partial charge >= 0.3 is 11.9 Å². The Hall–Kier alpha value is -1.05. The zero-order valence-corrected chi connectivity index (χ0v) is 19.2. The smallest absolute Gasteiger partial charge is 0.333 e. The molecule has 0 saturated heterocycles. The number of carbonyl (C=O) groups is 2. The first-order valence-electron chi connectivity index (χ1n) is 10.9. The monoisotopic (exact) mass is 431 g/mol. The summed E-state index contributed by atoms with van der Waals surface area (Å²) in [7, 11) is 0. The highest BCUT2D eigenvalue weighted by molar-refractivity contribution is 7.97. The van der Waals surface area contributed by atoms with Crippen LogP contribution in [0.4, 0.5) is 0 Å². The molecule has 29 heavy (non-hydrogen) atoms. The number of unbranched alkanes of at least 4 members (excludes halogenated alkanes) is 8. The average molecular weight is 432 g/mol. The maximum absolute atomic E-state index is 12.1. The second kappa shape index (κ2) is 20.2. The molecule has 0 heterocycles. The molecule has 0 aliphatic heterocycles. The number of nitrogens with two attached hydrogens (primary N) is 1. The second-order valence-corrected chi connectivity index (χ2v) is 8.11. The minimum Gasteiger partial charge on any atom is -0.458 e. The number of ether oxygens (including phenoxy) is 3. The molecule has 0 aromatic rings. The zero-order valence-electron chi connectivity index (χ0n) is 18.4. The maximum atomic E-state index is 12.1. The van der Waals surface area contributed by atoms with Gasteiger partial charge in [0.15, 0.2) is 6.10 Å². The summed E-state index contributed by atoms with van der Waals surface area (Å²) >= 11 is 1.26. The van der Waals surface area contributed by atoms with Crippen LogP contribution in [0.1, 0.15) is 84.5 Å². The summed E-state index contributed by atoms with van der Waals surface area (Å²) in [5.74, 6) is 0.0307. The molecule has 1 unspecified atom stereocenters. The Morgan fingerprint density at radius 3 is 2.17 bits per heavy atom. The zero-order chi connectivity index (χ0) is 21.7. The number of hydrogen-bond acceptors (Lipinski definition) is 7. The number of hydrogen-bond donors (Lipinski definition) is 1. The van der Waals surface area contributed by atoms with Gasteiger partial charge in [-0.15, -0.1) is 0 Å². The van der Waals surface area contributed by atoms with Gasteiger partial charge in [0.25, 0.3) is 0 Å². The summed E-state index contributed by atoms with van der Waals surface area (Å²) in [5.41, 5.74) is 0.311. The van der Waals surface area contributed by atoms with E-state index in [4.69, 9.17) is 19.3 Å². The molecule has 0 bridgehead atoms. The first-order valence-corrected chi connectivity index (χ1v) is 12.0. The van der Waals surface area contributed by atoms with Crippen molar-refractivity contribution >= 4 is 23.9 Å². The van der Waals surface area contributed by atoms with Crippen LogP contribution >= 0.6 is 11.9 Å². The highest BCUT2D eigenvalue weighted by Crippen LogP contribution is 2.11. The van der Waals surface area contributed by atoms with Crippen molar-refractivity contribution in [2.45, 2.75) is 90.6 Å². The molecule has 1 atom stereocenters. The molecule has 0 radical (unpaired) electrons. The Morgan fingerprint density at radius 2 is 1.59 bits per heavy atom. The third-order valence-corrected chi connectivity index (χ3v) is 4.91. The molecule has 0 aromatic carbocycles. The molecule has 2 N–H and O–H groups in total. The first-order chi connectivity index (χ1) is 14.0. The fourth-order valence-corrected chi connectivity index (χ4v) is 2.98. The number of rotatable bonds is 20. The summed E-state index contributed by atoms with van der Waals surface area (Å²) in [4.78, 5) is 23.7. The van der Waals surface area contributed by atoms with E-state index < -0.39 is 12.1 Å². The van der Waals surface area contributed by atoms with Crippen LogP contribution in [-0.4, -0.2) is 43.6 Å². The second-order valence-electron chi connectivity index (χ2n) is 7.37. The van der Waals surface area contributed by atoms with Crippen molar-refractivity contribution in [1.29, 1.82) is 0 Å². The van der Waals surface area contributed by atoms with Crippen molar-refractivity contribution in [1.82, 2.24) is 0 Å². The molecule has 0 spiro atoms. The van der Waals surface area contributed by atoms with Crippen molar-refractivity contribution < 1.29 is 23.8 Å². The standard InChI is InChI=1S/C22H41NO5S/c1-4-5-6-7-8-9-10-11-12-14-21(24)28-20(17-26-15-13-16-29-23)18-27-22(25)19(2)3/h20H,2,4-18,23H2,1,3H3. The van der Waals surface area contributed by atoms with Crippen LogP contribution < -0.4 is 5.14 Å². The molecule has 0 amide bonds. The summed E-state index contributed by atoms with van der Waals surface area (Å²) < 4.78 is 16.1. The van der Waals surface area contributed by atoms with Crippen LogP contribution in [0.25, 0.3) is 0 Å². The lowest BCUT2D eigenvalue weighted by molar-refractivity contribution is -0.161. The average Bonchev–Trinajstić information content (AvgIpc) is 2.70. The molecular formula is C22H41NO5S. The van der Waals surface area contributed by atoms with Crippen molar-refractivity contribution in [2.75, 3.05) is 25.6 Å². The van der Waals surface area contributed by atoms with Crippen LogP contribution in [0.3, 0.4) is 0 Å². The van der Waals surface area contributed by atoms with Gasteiger partial charge in [0.2, 0.25) is 0 Å². The van der Waals surface area contributed by atoms with Gasteiger partial charge in [-0.2, -0.15) is 0 Å². The molecule has 0 fully saturated rings. The van der Waals surface area contributed by atoms with Crippen LogP contribution in [0.5, 0.6) is 0 Å². The minimum atomic E-state index is -0.602. The Kier molecular flexibility index (Phi) is 19.5. The lowest BCUT2D eigenvalue weighted by Gasteiger charge is -2.18. The SMILES string of the molecule is C=C(C)C(=O)OCC(COCCCSN)OC(=O)CCCCCCCCCCC. The highest BCUT2D eigenvalue weighted by Gasteiger charge is 2.17. The Morgan fingerprint density at radius 1 is 0.966 bits per heavy atom. The van der Waals surface area contributed by atoms with E-state index in [9.17, 15) is 9.59 Å². The minimum absolute atomic E-state index is 0.0270. The lowest BCUT2D eigenvalue weighted by Crippen LogP contribution is -2.30. The molecule has 0 aliphatic rings. The van der Waals surface area contributed by atoms with E-state index in [1.54, 1.807) is 6.92 Å². The quantitative estimate of drug-likeness (QED) is 0.126. The van der Waals surface area contributed by atoms with E-state index in [1.807, 2.05) is 0 Å². The van der Waals surface area contributed by atoms with Crippen LogP contribution in [-0.2, 0) is 23.8 Å². The lowest BCUT2D eigenvalue weighted by atomic mass is 10.1. The third kappa shape index (κ3) is 18.7. The van der Waals surface area contributed by atoms with E-state index in [0.717, 1.165) is 31.4 Å². The van der Waals surface area contributed by atoms with Gasteiger partial charge in [0.1, 0.15) is 6.61 Å². The molecule has 0 rings (SSSR count). The van der Waals surface area contributed by atoms with Gasteiger partial charge in [0, 0.05) is 24.4 Å². The van der Waals surface area contributed by atoms with Gasteiger partial charge in [-0.25, -0.2) is 4.79 Å².